The van der Waals surface area contributed by atoms with Crippen LogP contribution in [-0.2, 0) is 19.3 Å². The number of ether oxygens (including phenoxy) is 2. The molecule has 1 aliphatic carbocycles. The summed E-state index contributed by atoms with van der Waals surface area (Å²) >= 11 is 0. The van der Waals surface area contributed by atoms with E-state index in [9.17, 15) is 10.2 Å². The lowest BCUT2D eigenvalue weighted by Crippen LogP contribution is -2.08. The second-order valence-corrected chi connectivity index (χ2v) is 6.79. The summed E-state index contributed by atoms with van der Waals surface area (Å²) in [6.45, 7) is 0. The van der Waals surface area contributed by atoms with Gasteiger partial charge in [-0.05, 0) is 59.4 Å². The van der Waals surface area contributed by atoms with Gasteiger partial charge < -0.3 is 19.7 Å². The number of aryl methyl sites for hydroxylation is 1. The monoisotopic (exact) mass is 362 g/mol. The normalized spacial score (nSPS) is 12.2. The number of fused-ring (bicyclic) bond motifs is 3. The molecule has 0 heterocycles. The van der Waals surface area contributed by atoms with Crippen LogP contribution in [0.25, 0.3) is 11.1 Å². The van der Waals surface area contributed by atoms with E-state index < -0.39 is 0 Å². The highest BCUT2D eigenvalue weighted by Crippen LogP contribution is 2.45. The first-order chi connectivity index (χ1) is 13.1. The lowest BCUT2D eigenvalue weighted by Gasteiger charge is -2.25. The van der Waals surface area contributed by atoms with Crippen molar-refractivity contribution >= 4 is 0 Å². The van der Waals surface area contributed by atoms with Crippen molar-refractivity contribution in [2.24, 2.45) is 0 Å². The second kappa shape index (κ2) is 6.88. The third-order valence-electron chi connectivity index (χ3n) is 5.27. The van der Waals surface area contributed by atoms with Crippen molar-refractivity contribution in [3.05, 3.63) is 70.8 Å². The van der Waals surface area contributed by atoms with Crippen LogP contribution in [0.3, 0.4) is 0 Å². The highest BCUT2D eigenvalue weighted by atomic mass is 16.5. The summed E-state index contributed by atoms with van der Waals surface area (Å²) in [6.07, 6.45) is 2.21. The Morgan fingerprint density at radius 3 is 2.22 bits per heavy atom. The molecule has 27 heavy (non-hydrogen) atoms. The average molecular weight is 362 g/mol. The molecule has 0 bridgehead atoms. The van der Waals surface area contributed by atoms with Gasteiger partial charge in [-0.1, -0.05) is 18.2 Å². The number of hydrogen-bond donors (Lipinski definition) is 2. The fraction of sp³-hybridized carbons (Fsp3) is 0.217. The average Bonchev–Trinajstić information content (AvgIpc) is 2.70. The fourth-order valence-corrected chi connectivity index (χ4v) is 3.88. The third-order valence-corrected chi connectivity index (χ3v) is 5.27. The van der Waals surface area contributed by atoms with E-state index in [0.29, 0.717) is 6.42 Å². The minimum absolute atomic E-state index is 0.118. The molecule has 0 aliphatic heterocycles. The number of aromatic hydroxyl groups is 2. The van der Waals surface area contributed by atoms with Crippen LogP contribution >= 0.6 is 0 Å². The zero-order valence-corrected chi connectivity index (χ0v) is 15.5. The van der Waals surface area contributed by atoms with E-state index in [-0.39, 0.29) is 11.5 Å². The minimum Gasteiger partial charge on any atom is -0.508 e. The molecule has 0 unspecified atom stereocenters. The first-order valence-corrected chi connectivity index (χ1v) is 8.97. The van der Waals surface area contributed by atoms with Crippen LogP contribution in [0.4, 0.5) is 0 Å². The van der Waals surface area contributed by atoms with Gasteiger partial charge in [0.25, 0.3) is 0 Å². The summed E-state index contributed by atoms with van der Waals surface area (Å²) in [7, 11) is 3.30. The van der Waals surface area contributed by atoms with Crippen LogP contribution in [0.2, 0.25) is 0 Å². The number of methoxy groups -OCH3 is 2. The molecular formula is C23H22O4. The van der Waals surface area contributed by atoms with Crippen LogP contribution in [0.1, 0.15) is 22.3 Å². The molecule has 4 rings (SSSR count). The molecule has 0 atom stereocenters. The standard InChI is InChI=1S/C23H22O4/c1-26-16-6-3-14(4-7-16)11-20-19-9-5-15-12-17(27-2)8-10-18(15)23(19)22(25)13-21(20)24/h3-4,6-8,10,12-13,24-25H,5,9,11H2,1-2H3. The van der Waals surface area contributed by atoms with Gasteiger partial charge in [-0.15, -0.1) is 0 Å². The van der Waals surface area contributed by atoms with Crippen molar-refractivity contribution in [1.29, 1.82) is 0 Å². The van der Waals surface area contributed by atoms with Crippen molar-refractivity contribution in [3.8, 4) is 34.1 Å². The topological polar surface area (TPSA) is 58.9 Å². The van der Waals surface area contributed by atoms with Crippen LogP contribution in [0.15, 0.2) is 48.5 Å². The van der Waals surface area contributed by atoms with Gasteiger partial charge in [0, 0.05) is 23.6 Å². The maximum Gasteiger partial charge on any atom is 0.127 e. The Labute approximate surface area is 158 Å². The smallest absolute Gasteiger partial charge is 0.127 e. The van der Waals surface area contributed by atoms with E-state index in [1.165, 1.54) is 6.07 Å². The Bertz CT molecular complexity index is 990. The largest absolute Gasteiger partial charge is 0.508 e. The number of phenolic OH excluding ortho intramolecular Hbond substituents is 2. The Balaban J connectivity index is 1.80. The van der Waals surface area contributed by atoms with Gasteiger partial charge in [0.2, 0.25) is 0 Å². The zero-order valence-electron chi connectivity index (χ0n) is 15.5. The first-order valence-electron chi connectivity index (χ1n) is 8.97. The summed E-state index contributed by atoms with van der Waals surface area (Å²) in [6, 6.07) is 15.2. The molecule has 138 valence electrons. The van der Waals surface area contributed by atoms with Crippen molar-refractivity contribution in [1.82, 2.24) is 0 Å². The van der Waals surface area contributed by atoms with Crippen LogP contribution in [0, 0.1) is 0 Å². The maximum absolute atomic E-state index is 10.6. The molecule has 0 amide bonds. The Kier molecular flexibility index (Phi) is 4.40. The number of hydrogen-bond acceptors (Lipinski definition) is 4. The quantitative estimate of drug-likeness (QED) is 0.719. The molecular weight excluding hydrogens is 340 g/mol. The van der Waals surface area contributed by atoms with Gasteiger partial charge in [-0.3, -0.25) is 0 Å². The van der Waals surface area contributed by atoms with Crippen molar-refractivity contribution < 1.29 is 19.7 Å². The third kappa shape index (κ3) is 3.08. The maximum atomic E-state index is 10.6. The molecule has 0 saturated heterocycles. The summed E-state index contributed by atoms with van der Waals surface area (Å²) in [5.41, 5.74) is 5.94. The van der Waals surface area contributed by atoms with Gasteiger partial charge >= 0.3 is 0 Å². The van der Waals surface area contributed by atoms with E-state index in [2.05, 4.69) is 0 Å². The molecule has 3 aromatic rings. The Hall–Kier alpha value is -3.14. The highest BCUT2D eigenvalue weighted by molar-refractivity contribution is 5.81. The fourth-order valence-electron chi connectivity index (χ4n) is 3.88. The van der Waals surface area contributed by atoms with E-state index in [4.69, 9.17) is 9.47 Å². The first kappa shape index (κ1) is 17.3. The SMILES string of the molecule is COc1ccc(Cc2c(O)cc(O)c3c2CCc2cc(OC)ccc2-3)cc1. The molecule has 4 nitrogen and oxygen atoms in total. The van der Waals surface area contributed by atoms with Crippen molar-refractivity contribution in [3.63, 3.8) is 0 Å². The molecule has 0 radical (unpaired) electrons. The lowest BCUT2D eigenvalue weighted by molar-refractivity contribution is 0.414. The van der Waals surface area contributed by atoms with Crippen LogP contribution < -0.4 is 9.47 Å². The molecule has 0 spiro atoms. The van der Waals surface area contributed by atoms with E-state index >= 15 is 0 Å². The van der Waals surface area contributed by atoms with Crippen molar-refractivity contribution in [2.75, 3.05) is 14.2 Å². The lowest BCUT2D eigenvalue weighted by atomic mass is 9.81. The van der Waals surface area contributed by atoms with Crippen molar-refractivity contribution in [2.45, 2.75) is 19.3 Å². The van der Waals surface area contributed by atoms with E-state index in [0.717, 1.165) is 57.7 Å². The number of benzene rings is 3. The minimum atomic E-state index is 0.118. The summed E-state index contributed by atoms with van der Waals surface area (Å²) in [4.78, 5) is 0. The van der Waals surface area contributed by atoms with E-state index in [1.54, 1.807) is 14.2 Å². The number of phenols is 2. The number of rotatable bonds is 4. The predicted octanol–water partition coefficient (Wildman–Crippen LogP) is 4.47. The van der Waals surface area contributed by atoms with Gasteiger partial charge in [0.05, 0.1) is 14.2 Å². The Morgan fingerprint density at radius 1 is 0.815 bits per heavy atom. The molecule has 2 N–H and O–H groups in total. The van der Waals surface area contributed by atoms with Gasteiger partial charge in [0.1, 0.15) is 23.0 Å². The van der Waals surface area contributed by atoms with Gasteiger partial charge in [0.15, 0.2) is 0 Å². The summed E-state index contributed by atoms with van der Waals surface area (Å²) in [5.74, 6) is 1.87. The summed E-state index contributed by atoms with van der Waals surface area (Å²) in [5, 5.41) is 21.1. The molecule has 3 aromatic carbocycles. The molecule has 4 heteroatoms. The van der Waals surface area contributed by atoms with E-state index in [1.807, 2.05) is 42.5 Å². The molecule has 0 aromatic heterocycles. The van der Waals surface area contributed by atoms with Crippen LogP contribution in [-0.4, -0.2) is 24.4 Å². The second-order valence-electron chi connectivity index (χ2n) is 6.79. The van der Waals surface area contributed by atoms with Crippen LogP contribution in [0.5, 0.6) is 23.0 Å². The summed E-state index contributed by atoms with van der Waals surface area (Å²) < 4.78 is 10.5. The molecule has 0 saturated carbocycles. The zero-order chi connectivity index (χ0) is 19.0. The molecule has 1 aliphatic rings. The highest BCUT2D eigenvalue weighted by Gasteiger charge is 2.25. The predicted molar refractivity (Wildman–Crippen MR) is 105 cm³/mol. The Morgan fingerprint density at radius 2 is 1.52 bits per heavy atom. The van der Waals surface area contributed by atoms with Gasteiger partial charge in [-0.2, -0.15) is 0 Å². The van der Waals surface area contributed by atoms with Gasteiger partial charge in [-0.25, -0.2) is 0 Å². The molecule has 0 fully saturated rings.